The van der Waals surface area contributed by atoms with Gasteiger partial charge in [-0.25, -0.2) is 0 Å². The van der Waals surface area contributed by atoms with Crippen molar-refractivity contribution >= 4 is 11.8 Å². The standard InChI is InChI=1S/C22H38N2O16/c1-6(28)23-11-16(33)13(30)8(3-25)37-21(11)40-19-15(32)10(5-27)38-22(17(19)34)39-18-12(24-7(2)29)20(35)36-9(4-26)14(18)31/h8-22,25-27,30-35H,3-5H2,1-2H3,(H,23,28)(H,24,29)/t8-,9-,10-,11-,12-,13-,14+,15+,16-,17-,18-,19+,20+,21?,22?/m1/s1. The number of nitrogens with one attached hydrogen (secondary N) is 2. The van der Waals surface area contributed by atoms with E-state index in [2.05, 4.69) is 10.6 Å². The third kappa shape index (κ3) is 7.05. The molecule has 3 aliphatic rings. The van der Waals surface area contributed by atoms with E-state index in [9.17, 15) is 55.5 Å². The van der Waals surface area contributed by atoms with Crippen LogP contribution in [0.15, 0.2) is 0 Å². The fraction of sp³-hybridized carbons (Fsp3) is 0.909. The van der Waals surface area contributed by atoms with E-state index in [4.69, 9.17) is 23.7 Å². The van der Waals surface area contributed by atoms with Gasteiger partial charge < -0.3 is 80.3 Å². The van der Waals surface area contributed by atoms with Gasteiger partial charge in [0.25, 0.3) is 0 Å². The molecule has 2 amide bonds. The molecule has 232 valence electrons. The molecule has 0 saturated carbocycles. The molecular weight excluding hydrogens is 548 g/mol. The van der Waals surface area contributed by atoms with E-state index in [0.29, 0.717) is 0 Å². The molecule has 18 nitrogen and oxygen atoms in total. The van der Waals surface area contributed by atoms with Gasteiger partial charge in [-0.05, 0) is 0 Å². The predicted octanol–water partition coefficient (Wildman–Crippen LogP) is -7.29. The van der Waals surface area contributed by atoms with Gasteiger partial charge in [0.1, 0.15) is 73.1 Å². The first-order valence-corrected chi connectivity index (χ1v) is 12.6. The monoisotopic (exact) mass is 586 g/mol. The van der Waals surface area contributed by atoms with E-state index in [1.165, 1.54) is 0 Å². The van der Waals surface area contributed by atoms with Crippen molar-refractivity contribution in [1.29, 1.82) is 0 Å². The quantitative estimate of drug-likeness (QED) is 0.120. The molecule has 0 bridgehead atoms. The van der Waals surface area contributed by atoms with Gasteiger partial charge >= 0.3 is 0 Å². The van der Waals surface area contributed by atoms with Gasteiger partial charge in [-0.15, -0.1) is 0 Å². The third-order valence-electron chi connectivity index (χ3n) is 6.90. The molecule has 0 aromatic heterocycles. The summed E-state index contributed by atoms with van der Waals surface area (Å²) in [7, 11) is 0. The highest BCUT2D eigenvalue weighted by Crippen LogP contribution is 2.32. The smallest absolute Gasteiger partial charge is 0.217 e. The van der Waals surface area contributed by atoms with Crippen molar-refractivity contribution in [3.63, 3.8) is 0 Å². The van der Waals surface area contributed by atoms with Crippen LogP contribution in [-0.4, -0.2) is 170 Å². The Morgan fingerprint density at radius 3 is 1.60 bits per heavy atom. The average Bonchev–Trinajstić information content (AvgIpc) is 2.90. The molecule has 3 rings (SSSR count). The summed E-state index contributed by atoms with van der Waals surface area (Å²) in [6.07, 6.45) is -21.5. The highest BCUT2D eigenvalue weighted by Gasteiger charge is 2.54. The maximum Gasteiger partial charge on any atom is 0.217 e. The van der Waals surface area contributed by atoms with Gasteiger partial charge in [0.2, 0.25) is 11.8 Å². The number of aliphatic hydroxyl groups excluding tert-OH is 9. The lowest BCUT2D eigenvalue weighted by Gasteiger charge is -2.49. The van der Waals surface area contributed by atoms with Crippen LogP contribution in [0.5, 0.6) is 0 Å². The second-order valence-corrected chi connectivity index (χ2v) is 9.81. The van der Waals surface area contributed by atoms with Crippen LogP contribution >= 0.6 is 0 Å². The molecule has 3 heterocycles. The highest BCUT2D eigenvalue weighted by atomic mass is 16.7. The summed E-state index contributed by atoms with van der Waals surface area (Å²) >= 11 is 0. The number of ether oxygens (including phenoxy) is 5. The molecule has 3 fully saturated rings. The minimum Gasteiger partial charge on any atom is -0.394 e. The molecule has 2 unspecified atom stereocenters. The lowest BCUT2D eigenvalue weighted by molar-refractivity contribution is -0.365. The van der Waals surface area contributed by atoms with Crippen molar-refractivity contribution in [3.8, 4) is 0 Å². The van der Waals surface area contributed by atoms with Crippen LogP contribution in [0.25, 0.3) is 0 Å². The van der Waals surface area contributed by atoms with Crippen molar-refractivity contribution < 1.29 is 79.2 Å². The van der Waals surface area contributed by atoms with Gasteiger partial charge in [0, 0.05) is 13.8 Å². The van der Waals surface area contributed by atoms with Crippen LogP contribution < -0.4 is 10.6 Å². The number of carbonyl (C=O) groups excluding carboxylic acids is 2. The Bertz CT molecular complexity index is 854. The zero-order chi connectivity index (χ0) is 29.9. The lowest BCUT2D eigenvalue weighted by Crippen LogP contribution is -2.69. The van der Waals surface area contributed by atoms with E-state index >= 15 is 0 Å². The Morgan fingerprint density at radius 1 is 0.600 bits per heavy atom. The Kier molecular flexibility index (Phi) is 11.5. The molecule has 0 aliphatic carbocycles. The molecule has 3 saturated heterocycles. The van der Waals surface area contributed by atoms with Gasteiger partial charge in [-0.3, -0.25) is 9.59 Å². The first-order valence-electron chi connectivity index (χ1n) is 12.6. The van der Waals surface area contributed by atoms with Crippen LogP contribution in [0, 0.1) is 0 Å². The molecule has 0 spiro atoms. The number of hydrogen-bond acceptors (Lipinski definition) is 16. The van der Waals surface area contributed by atoms with E-state index < -0.39 is 124 Å². The molecule has 3 aliphatic heterocycles. The third-order valence-corrected chi connectivity index (χ3v) is 6.90. The summed E-state index contributed by atoms with van der Waals surface area (Å²) in [4.78, 5) is 23.4. The van der Waals surface area contributed by atoms with Crippen LogP contribution in [0.4, 0.5) is 0 Å². The molecular formula is C22H38N2O16. The second-order valence-electron chi connectivity index (χ2n) is 9.81. The molecule has 15 atom stereocenters. The van der Waals surface area contributed by atoms with Gasteiger partial charge in [-0.2, -0.15) is 0 Å². The van der Waals surface area contributed by atoms with E-state index in [1.807, 2.05) is 0 Å². The maximum absolute atomic E-state index is 11.7. The number of rotatable bonds is 9. The highest BCUT2D eigenvalue weighted by molar-refractivity contribution is 5.73. The Labute approximate surface area is 228 Å². The molecule has 0 radical (unpaired) electrons. The van der Waals surface area contributed by atoms with Gasteiger partial charge in [0.05, 0.1) is 19.8 Å². The van der Waals surface area contributed by atoms with Crippen molar-refractivity contribution in [2.24, 2.45) is 0 Å². The number of hydrogen-bond donors (Lipinski definition) is 11. The Morgan fingerprint density at radius 2 is 1.05 bits per heavy atom. The number of carbonyl (C=O) groups is 2. The molecule has 0 aromatic carbocycles. The van der Waals surface area contributed by atoms with Gasteiger partial charge in [0.15, 0.2) is 18.9 Å². The van der Waals surface area contributed by atoms with Crippen LogP contribution in [0.1, 0.15) is 13.8 Å². The summed E-state index contributed by atoms with van der Waals surface area (Å²) in [5, 5.41) is 97.2. The summed E-state index contributed by atoms with van der Waals surface area (Å²) in [6, 6.07) is -2.86. The summed E-state index contributed by atoms with van der Waals surface area (Å²) in [6.45, 7) is -0.135. The molecule has 40 heavy (non-hydrogen) atoms. The first kappa shape index (κ1) is 32.9. The van der Waals surface area contributed by atoms with Crippen molar-refractivity contribution in [2.45, 2.75) is 106 Å². The summed E-state index contributed by atoms with van der Waals surface area (Å²) < 4.78 is 27.5. The van der Waals surface area contributed by atoms with E-state index in [-0.39, 0.29) is 0 Å². The van der Waals surface area contributed by atoms with Crippen molar-refractivity contribution in [3.05, 3.63) is 0 Å². The number of aliphatic hydroxyl groups is 9. The summed E-state index contributed by atoms with van der Waals surface area (Å²) in [5.74, 6) is -1.31. The average molecular weight is 587 g/mol. The van der Waals surface area contributed by atoms with Crippen LogP contribution in [0.2, 0.25) is 0 Å². The summed E-state index contributed by atoms with van der Waals surface area (Å²) in [5.41, 5.74) is 0. The van der Waals surface area contributed by atoms with Crippen molar-refractivity contribution in [1.82, 2.24) is 10.6 Å². The van der Waals surface area contributed by atoms with Crippen molar-refractivity contribution in [2.75, 3.05) is 19.8 Å². The van der Waals surface area contributed by atoms with E-state index in [0.717, 1.165) is 13.8 Å². The van der Waals surface area contributed by atoms with Crippen LogP contribution in [0.3, 0.4) is 0 Å². The Hall–Kier alpha value is -1.62. The first-order chi connectivity index (χ1) is 18.8. The molecule has 11 N–H and O–H groups in total. The normalized spacial score (nSPS) is 46.0. The predicted molar refractivity (Wildman–Crippen MR) is 124 cm³/mol. The number of amides is 2. The SMILES string of the molecule is CC(=O)N[C@@H]1[C@@H](OC2O[C@H](CO)[C@H](O)[C@H](OC3O[C@H](CO)[C@@H](O)[C@H](O)[C@H]3NC(C)=O)[C@H]2O)[C@@H](O)[C@@H](CO)O[C@@H]1O. The van der Waals surface area contributed by atoms with E-state index in [1.54, 1.807) is 0 Å². The zero-order valence-corrected chi connectivity index (χ0v) is 21.7. The molecule has 18 heteroatoms. The fourth-order valence-corrected chi connectivity index (χ4v) is 4.86. The fourth-order valence-electron chi connectivity index (χ4n) is 4.86. The zero-order valence-electron chi connectivity index (χ0n) is 21.7. The van der Waals surface area contributed by atoms with Gasteiger partial charge in [-0.1, -0.05) is 0 Å². The topological polar surface area (TPSA) is 286 Å². The minimum absolute atomic E-state index is 0.650. The minimum atomic E-state index is -1.94. The largest absolute Gasteiger partial charge is 0.394 e. The second kappa shape index (κ2) is 14.0. The van der Waals surface area contributed by atoms with Crippen LogP contribution in [-0.2, 0) is 33.3 Å². The molecule has 0 aromatic rings. The Balaban J connectivity index is 1.88. The maximum atomic E-state index is 11.7. The lowest BCUT2D eigenvalue weighted by atomic mass is 9.94.